The number of carbonyl (C=O) groups excluding carboxylic acids is 1. The van der Waals surface area contributed by atoms with Gasteiger partial charge in [-0.25, -0.2) is 8.42 Å². The van der Waals surface area contributed by atoms with Crippen LogP contribution in [0.3, 0.4) is 0 Å². The summed E-state index contributed by atoms with van der Waals surface area (Å²) in [5.74, 6) is -0.841. The number of nitrogens with zero attached hydrogens (tertiary/aromatic N) is 1. The second-order valence-electron chi connectivity index (χ2n) is 8.80. The maximum atomic E-state index is 12.6. The van der Waals surface area contributed by atoms with E-state index < -0.39 is 21.7 Å². The molecular formula is C25H33N3O5S. The zero-order chi connectivity index (χ0) is 23.8. The molecule has 8 nitrogen and oxygen atoms in total. The Morgan fingerprint density at radius 2 is 1.76 bits per heavy atom. The zero-order valence-electron chi connectivity index (χ0n) is 19.4. The monoisotopic (exact) mass is 487 g/mol. The van der Waals surface area contributed by atoms with E-state index in [-0.39, 0.29) is 6.10 Å². The van der Waals surface area contributed by atoms with Gasteiger partial charge in [-0.05, 0) is 74.9 Å². The molecule has 0 aliphatic carbocycles. The molecule has 2 aliphatic heterocycles. The fourth-order valence-electron chi connectivity index (χ4n) is 4.28. The molecule has 0 spiro atoms. The number of hydrogen-bond acceptors (Lipinski definition) is 6. The molecule has 0 saturated carbocycles. The number of amides is 1. The van der Waals surface area contributed by atoms with Crippen molar-refractivity contribution in [3.05, 3.63) is 48.5 Å². The SMILES string of the molecule is O=C(CS(=O)(=O)Nc1ccc(N2CCCCC2)cc1)Nc1ccccc1OCC1CCCCO1. The number of piperidine rings is 1. The van der Waals surface area contributed by atoms with Gasteiger partial charge >= 0.3 is 0 Å². The Kier molecular flexibility index (Phi) is 8.29. The van der Waals surface area contributed by atoms with Crippen LogP contribution in [0.4, 0.5) is 17.1 Å². The Hall–Kier alpha value is -2.78. The predicted octanol–water partition coefficient (Wildman–Crippen LogP) is 4.01. The number of rotatable bonds is 9. The highest BCUT2D eigenvalue weighted by atomic mass is 32.2. The molecule has 4 rings (SSSR count). The molecule has 184 valence electrons. The first-order valence-electron chi connectivity index (χ1n) is 12.0. The summed E-state index contributed by atoms with van der Waals surface area (Å²) in [5.41, 5.74) is 1.95. The van der Waals surface area contributed by atoms with Gasteiger partial charge in [0.05, 0.1) is 11.8 Å². The van der Waals surface area contributed by atoms with Crippen LogP contribution >= 0.6 is 0 Å². The Labute approximate surface area is 201 Å². The maximum absolute atomic E-state index is 12.6. The van der Waals surface area contributed by atoms with E-state index in [2.05, 4.69) is 14.9 Å². The van der Waals surface area contributed by atoms with E-state index in [4.69, 9.17) is 9.47 Å². The normalized spacial score (nSPS) is 18.8. The van der Waals surface area contributed by atoms with Gasteiger partial charge in [0.15, 0.2) is 0 Å². The van der Waals surface area contributed by atoms with Crippen molar-refractivity contribution in [2.75, 3.05) is 47.0 Å². The van der Waals surface area contributed by atoms with Crippen LogP contribution in [0, 0.1) is 0 Å². The van der Waals surface area contributed by atoms with Crippen molar-refractivity contribution in [2.24, 2.45) is 0 Å². The van der Waals surface area contributed by atoms with Crippen molar-refractivity contribution in [2.45, 2.75) is 44.6 Å². The van der Waals surface area contributed by atoms with Crippen molar-refractivity contribution < 1.29 is 22.7 Å². The van der Waals surface area contributed by atoms with Crippen LogP contribution < -0.4 is 19.7 Å². The third kappa shape index (κ3) is 7.11. The Morgan fingerprint density at radius 1 is 1.00 bits per heavy atom. The van der Waals surface area contributed by atoms with Gasteiger partial charge in [0.2, 0.25) is 15.9 Å². The lowest BCUT2D eigenvalue weighted by Crippen LogP contribution is -2.29. The van der Waals surface area contributed by atoms with Gasteiger partial charge < -0.3 is 19.7 Å². The number of para-hydroxylation sites is 2. The zero-order valence-corrected chi connectivity index (χ0v) is 20.2. The minimum absolute atomic E-state index is 0.0309. The molecule has 1 atom stereocenters. The second kappa shape index (κ2) is 11.6. The molecule has 2 saturated heterocycles. The minimum Gasteiger partial charge on any atom is -0.489 e. The summed E-state index contributed by atoms with van der Waals surface area (Å²) < 4.78 is 39.2. The largest absolute Gasteiger partial charge is 0.489 e. The molecule has 1 amide bonds. The number of sulfonamides is 1. The molecule has 9 heteroatoms. The summed E-state index contributed by atoms with van der Waals surface area (Å²) in [7, 11) is -3.87. The summed E-state index contributed by atoms with van der Waals surface area (Å²) >= 11 is 0. The lowest BCUT2D eigenvalue weighted by Gasteiger charge is -2.28. The summed E-state index contributed by atoms with van der Waals surface area (Å²) in [4.78, 5) is 14.8. The number of ether oxygens (including phenoxy) is 2. The van der Waals surface area contributed by atoms with Gasteiger partial charge in [-0.2, -0.15) is 0 Å². The van der Waals surface area contributed by atoms with E-state index in [0.717, 1.165) is 44.6 Å². The van der Waals surface area contributed by atoms with E-state index in [0.29, 0.717) is 23.7 Å². The van der Waals surface area contributed by atoms with E-state index in [1.807, 2.05) is 12.1 Å². The molecular weight excluding hydrogens is 454 g/mol. The summed E-state index contributed by atoms with van der Waals surface area (Å²) in [6, 6.07) is 14.3. The second-order valence-corrected chi connectivity index (χ2v) is 10.5. The lowest BCUT2D eigenvalue weighted by molar-refractivity contribution is -0.113. The van der Waals surface area contributed by atoms with E-state index in [1.54, 1.807) is 36.4 Å². The first kappa shape index (κ1) is 24.3. The molecule has 2 aromatic rings. The van der Waals surface area contributed by atoms with Gasteiger partial charge in [-0.3, -0.25) is 9.52 Å². The summed E-state index contributed by atoms with van der Waals surface area (Å²) in [6.45, 7) is 3.16. The quantitative estimate of drug-likeness (QED) is 0.555. The Morgan fingerprint density at radius 3 is 2.50 bits per heavy atom. The highest BCUT2D eigenvalue weighted by Crippen LogP contribution is 2.26. The lowest BCUT2D eigenvalue weighted by atomic mass is 10.1. The highest BCUT2D eigenvalue weighted by molar-refractivity contribution is 7.93. The van der Waals surface area contributed by atoms with E-state index in [1.165, 1.54) is 19.3 Å². The Bertz CT molecular complexity index is 1050. The van der Waals surface area contributed by atoms with Crippen molar-refractivity contribution in [1.29, 1.82) is 0 Å². The van der Waals surface area contributed by atoms with Crippen molar-refractivity contribution in [1.82, 2.24) is 0 Å². The van der Waals surface area contributed by atoms with Crippen LogP contribution in [0.5, 0.6) is 5.75 Å². The molecule has 34 heavy (non-hydrogen) atoms. The molecule has 2 heterocycles. The molecule has 2 fully saturated rings. The highest BCUT2D eigenvalue weighted by Gasteiger charge is 2.20. The molecule has 2 aromatic carbocycles. The molecule has 0 radical (unpaired) electrons. The van der Waals surface area contributed by atoms with Crippen molar-refractivity contribution in [3.63, 3.8) is 0 Å². The van der Waals surface area contributed by atoms with Crippen LogP contribution in [0.1, 0.15) is 38.5 Å². The predicted molar refractivity (Wildman–Crippen MR) is 134 cm³/mol. The average molecular weight is 488 g/mol. The van der Waals surface area contributed by atoms with Crippen LogP contribution in [0.15, 0.2) is 48.5 Å². The fourth-order valence-corrected chi connectivity index (χ4v) is 5.27. The van der Waals surface area contributed by atoms with Gasteiger partial charge in [0.1, 0.15) is 18.1 Å². The molecule has 2 aliphatic rings. The topological polar surface area (TPSA) is 97.0 Å². The first-order chi connectivity index (χ1) is 16.5. The maximum Gasteiger partial charge on any atom is 0.241 e. The fraction of sp³-hybridized carbons (Fsp3) is 0.480. The summed E-state index contributed by atoms with van der Waals surface area (Å²) in [5, 5.41) is 2.66. The van der Waals surface area contributed by atoms with Crippen LogP contribution in [-0.4, -0.2) is 52.5 Å². The third-order valence-corrected chi connectivity index (χ3v) is 7.23. The number of hydrogen-bond donors (Lipinski definition) is 2. The number of carbonyl (C=O) groups is 1. The molecule has 0 bridgehead atoms. The van der Waals surface area contributed by atoms with Crippen LogP contribution in [0.2, 0.25) is 0 Å². The van der Waals surface area contributed by atoms with Crippen molar-refractivity contribution >= 4 is 33.0 Å². The van der Waals surface area contributed by atoms with Gasteiger partial charge in [0.25, 0.3) is 0 Å². The molecule has 0 aromatic heterocycles. The molecule has 2 N–H and O–H groups in total. The van der Waals surface area contributed by atoms with Crippen LogP contribution in [-0.2, 0) is 19.6 Å². The molecule has 1 unspecified atom stereocenters. The smallest absolute Gasteiger partial charge is 0.241 e. The number of benzene rings is 2. The standard InChI is InChI=1S/C25H33N3O5S/c29-25(26-23-9-2-3-10-24(23)33-18-22-8-4-7-17-32-22)19-34(30,31)27-20-11-13-21(14-12-20)28-15-5-1-6-16-28/h2-3,9-14,22,27H,1,4-8,15-19H2,(H,26,29). The van der Waals surface area contributed by atoms with Gasteiger partial charge in [-0.1, -0.05) is 12.1 Å². The minimum atomic E-state index is -3.87. The van der Waals surface area contributed by atoms with E-state index in [9.17, 15) is 13.2 Å². The number of anilines is 3. The van der Waals surface area contributed by atoms with Gasteiger partial charge in [-0.15, -0.1) is 0 Å². The van der Waals surface area contributed by atoms with Crippen molar-refractivity contribution in [3.8, 4) is 5.75 Å². The third-order valence-electron chi connectivity index (χ3n) is 6.04. The van der Waals surface area contributed by atoms with Crippen LogP contribution in [0.25, 0.3) is 0 Å². The average Bonchev–Trinajstić information content (AvgIpc) is 2.84. The Balaban J connectivity index is 1.30. The number of nitrogens with one attached hydrogen (secondary N) is 2. The van der Waals surface area contributed by atoms with E-state index >= 15 is 0 Å². The summed E-state index contributed by atoms with van der Waals surface area (Å²) in [6.07, 6.45) is 6.74. The first-order valence-corrected chi connectivity index (χ1v) is 13.6. The van der Waals surface area contributed by atoms with Gasteiger partial charge in [0, 0.05) is 31.1 Å².